The van der Waals surface area contributed by atoms with E-state index in [2.05, 4.69) is 26.6 Å². The average molecular weight is 547 g/mol. The lowest BCUT2D eigenvalue weighted by Gasteiger charge is -2.13. The van der Waals surface area contributed by atoms with Crippen molar-refractivity contribution in [3.05, 3.63) is 111 Å². The molecule has 3 heterocycles. The average Bonchev–Trinajstić information content (AvgIpc) is 3.55. The zero-order chi connectivity index (χ0) is 28.4. The van der Waals surface area contributed by atoms with Gasteiger partial charge in [-0.25, -0.2) is 8.78 Å². The van der Waals surface area contributed by atoms with Crippen LogP contribution in [0.4, 0.5) is 20.2 Å². The predicted octanol–water partition coefficient (Wildman–Crippen LogP) is 2.18. The summed E-state index contributed by atoms with van der Waals surface area (Å²) in [6, 6.07) is 11.1. The molecule has 0 aliphatic carbocycles. The third-order valence-electron chi connectivity index (χ3n) is 6.41. The van der Waals surface area contributed by atoms with Gasteiger partial charge < -0.3 is 31.2 Å². The van der Waals surface area contributed by atoms with Crippen molar-refractivity contribution in [1.82, 2.24) is 20.5 Å². The molecule has 0 saturated heterocycles. The second kappa shape index (κ2) is 10.8. The highest BCUT2D eigenvalue weighted by Crippen LogP contribution is 2.34. The molecule has 0 bridgehead atoms. The maximum absolute atomic E-state index is 13.6. The van der Waals surface area contributed by atoms with Gasteiger partial charge in [-0.1, -0.05) is 6.07 Å². The van der Waals surface area contributed by atoms with Crippen LogP contribution in [0.15, 0.2) is 71.3 Å². The number of amides is 3. The predicted molar refractivity (Wildman–Crippen MR) is 144 cm³/mol. The van der Waals surface area contributed by atoms with Crippen molar-refractivity contribution in [3.8, 4) is 0 Å². The Morgan fingerprint density at radius 1 is 1.05 bits per heavy atom. The van der Waals surface area contributed by atoms with Gasteiger partial charge in [0.2, 0.25) is 5.91 Å². The maximum Gasteiger partial charge on any atom is 0.263 e. The lowest BCUT2D eigenvalue weighted by atomic mass is 10.1. The van der Waals surface area contributed by atoms with Crippen molar-refractivity contribution in [3.63, 3.8) is 0 Å². The maximum atomic E-state index is 13.6. The van der Waals surface area contributed by atoms with Crippen molar-refractivity contribution in [2.24, 2.45) is 0 Å². The van der Waals surface area contributed by atoms with Crippen molar-refractivity contribution >= 4 is 34.7 Å². The summed E-state index contributed by atoms with van der Waals surface area (Å²) in [4.78, 5) is 50.7. The molecule has 204 valence electrons. The number of fused-ring (bicyclic) bond motifs is 1. The Morgan fingerprint density at radius 3 is 2.62 bits per heavy atom. The van der Waals surface area contributed by atoms with Gasteiger partial charge in [0.05, 0.1) is 31.0 Å². The molecule has 3 aromatic rings. The van der Waals surface area contributed by atoms with E-state index in [-0.39, 0.29) is 18.0 Å². The third kappa shape index (κ3) is 5.46. The summed E-state index contributed by atoms with van der Waals surface area (Å²) < 4.78 is 28.1. The van der Waals surface area contributed by atoms with E-state index >= 15 is 0 Å². The highest BCUT2D eigenvalue weighted by atomic mass is 19.2. The second-order valence-electron chi connectivity index (χ2n) is 9.19. The lowest BCUT2D eigenvalue weighted by molar-refractivity contribution is -0.115. The van der Waals surface area contributed by atoms with E-state index in [1.54, 1.807) is 43.5 Å². The number of hydrogen-bond acceptors (Lipinski definition) is 6. The summed E-state index contributed by atoms with van der Waals surface area (Å²) in [6.07, 6.45) is 3.45. The van der Waals surface area contributed by atoms with Crippen LogP contribution in [0.25, 0.3) is 5.57 Å². The van der Waals surface area contributed by atoms with E-state index in [0.29, 0.717) is 40.4 Å². The molecule has 0 unspecified atom stereocenters. The van der Waals surface area contributed by atoms with E-state index in [1.807, 2.05) is 0 Å². The number of rotatable bonds is 7. The lowest BCUT2D eigenvalue weighted by Crippen LogP contribution is -2.37. The van der Waals surface area contributed by atoms with Crippen LogP contribution in [-0.2, 0) is 16.1 Å². The van der Waals surface area contributed by atoms with Gasteiger partial charge in [-0.3, -0.25) is 19.2 Å². The minimum absolute atomic E-state index is 0.0700. The first-order chi connectivity index (χ1) is 19.2. The molecule has 1 aromatic heterocycles. The number of allylic oxidation sites excluding steroid dienone is 1. The van der Waals surface area contributed by atoms with E-state index in [0.717, 1.165) is 17.8 Å². The zero-order valence-corrected chi connectivity index (χ0v) is 21.2. The van der Waals surface area contributed by atoms with Crippen LogP contribution in [0, 0.1) is 18.6 Å². The van der Waals surface area contributed by atoms with E-state index in [1.165, 1.54) is 16.7 Å². The normalized spacial score (nSPS) is 14.6. The molecule has 12 heteroatoms. The molecule has 0 radical (unpaired) electrons. The van der Waals surface area contributed by atoms with Crippen LogP contribution >= 0.6 is 0 Å². The molecule has 0 spiro atoms. The summed E-state index contributed by atoms with van der Waals surface area (Å²) in [6.45, 7) is 1.71. The topological polar surface area (TPSA) is 133 Å². The minimum atomic E-state index is -1.04. The molecule has 0 fully saturated rings. The van der Waals surface area contributed by atoms with Crippen molar-refractivity contribution in [2.75, 3.05) is 23.8 Å². The quantitative estimate of drug-likeness (QED) is 0.289. The van der Waals surface area contributed by atoms with Crippen molar-refractivity contribution in [1.29, 1.82) is 0 Å². The summed E-state index contributed by atoms with van der Waals surface area (Å²) in [5.41, 5.74) is 2.82. The van der Waals surface area contributed by atoms with Gasteiger partial charge in [0, 0.05) is 28.8 Å². The minimum Gasteiger partial charge on any atom is -0.372 e. The van der Waals surface area contributed by atoms with Gasteiger partial charge in [-0.15, -0.1) is 0 Å². The molecule has 0 saturated carbocycles. The monoisotopic (exact) mass is 546 g/mol. The zero-order valence-electron chi connectivity index (χ0n) is 21.2. The first-order valence-corrected chi connectivity index (χ1v) is 12.3. The van der Waals surface area contributed by atoms with Crippen LogP contribution in [0.3, 0.4) is 0 Å². The number of nitrogens with one attached hydrogen (secondary N) is 5. The summed E-state index contributed by atoms with van der Waals surface area (Å²) in [5, 5.41) is 14.0. The number of benzene rings is 2. The largest absolute Gasteiger partial charge is 0.372 e. The van der Waals surface area contributed by atoms with E-state index < -0.39 is 35.6 Å². The Hall–Kier alpha value is -5.26. The van der Waals surface area contributed by atoms with Crippen LogP contribution in [0.1, 0.15) is 27.2 Å². The van der Waals surface area contributed by atoms with E-state index in [9.17, 15) is 28.0 Å². The van der Waals surface area contributed by atoms with E-state index in [4.69, 9.17) is 0 Å². The van der Waals surface area contributed by atoms with Crippen LogP contribution in [-0.4, -0.2) is 35.5 Å². The summed E-state index contributed by atoms with van der Waals surface area (Å²) in [7, 11) is 0. The first-order valence-electron chi connectivity index (χ1n) is 12.3. The highest BCUT2D eigenvalue weighted by Gasteiger charge is 2.25. The van der Waals surface area contributed by atoms with Gasteiger partial charge in [0.25, 0.3) is 17.4 Å². The molecule has 40 heavy (non-hydrogen) atoms. The van der Waals surface area contributed by atoms with Crippen molar-refractivity contribution < 1.29 is 23.2 Å². The van der Waals surface area contributed by atoms with Gasteiger partial charge in [0.15, 0.2) is 11.6 Å². The van der Waals surface area contributed by atoms with Crippen LogP contribution in [0.2, 0.25) is 0 Å². The molecule has 2 aliphatic rings. The standard InChI is InChI=1S/C28H24F2N6O4/c1-15-2-5-19(28(40)36(15)13-16-3-6-22(29)23(30)8-16)26(38)32-12-25(37)34-17-4-7-24-20(9-17)21(27(39)35-24)10-18-11-31-14-33-18/h2-11,31,33H,12-14H2,1H3,(H,32,38)(H,34,37)(H,35,39)/b21-10-. The number of carbonyl (C=O) groups is 3. The number of nitrogens with zero attached hydrogens (tertiary/aromatic N) is 1. The number of carbonyl (C=O) groups excluding carboxylic acids is 3. The van der Waals surface area contributed by atoms with Gasteiger partial charge in [-0.05, 0) is 61.0 Å². The highest BCUT2D eigenvalue weighted by molar-refractivity contribution is 6.32. The first kappa shape index (κ1) is 26.4. The van der Waals surface area contributed by atoms with Gasteiger partial charge in [0.1, 0.15) is 5.56 Å². The summed E-state index contributed by atoms with van der Waals surface area (Å²) in [5.74, 6) is -3.62. The third-order valence-corrected chi connectivity index (χ3v) is 6.41. The Kier molecular flexibility index (Phi) is 7.15. The Labute approximate surface area is 226 Å². The fourth-order valence-electron chi connectivity index (χ4n) is 4.34. The van der Waals surface area contributed by atoms with Gasteiger partial charge >= 0.3 is 0 Å². The smallest absolute Gasteiger partial charge is 0.263 e. The molecule has 2 aliphatic heterocycles. The number of hydrogen-bond donors (Lipinski definition) is 5. The SMILES string of the molecule is Cc1ccc(C(=O)NCC(=O)Nc2ccc3c(c2)/C(=C/C2=CNCN2)C(=O)N3)c(=O)n1Cc1ccc(F)c(F)c1. The molecule has 0 atom stereocenters. The number of aryl methyl sites for hydroxylation is 1. The fraction of sp³-hybridized carbons (Fsp3) is 0.143. The van der Waals surface area contributed by atoms with Crippen LogP contribution < -0.4 is 32.1 Å². The second-order valence-corrected chi connectivity index (χ2v) is 9.19. The number of halogens is 2. The summed E-state index contributed by atoms with van der Waals surface area (Å²) >= 11 is 0. The molecule has 3 amide bonds. The Morgan fingerprint density at radius 2 is 1.88 bits per heavy atom. The Bertz CT molecular complexity index is 1680. The molecular formula is C28H24F2N6O4. The molecule has 5 rings (SSSR count). The van der Waals surface area contributed by atoms with Crippen molar-refractivity contribution in [2.45, 2.75) is 13.5 Å². The van der Waals surface area contributed by atoms with Crippen LogP contribution in [0.5, 0.6) is 0 Å². The fourth-order valence-corrected chi connectivity index (χ4v) is 4.34. The number of aromatic nitrogens is 1. The molecule has 10 nitrogen and oxygen atoms in total. The van der Waals surface area contributed by atoms with Gasteiger partial charge in [-0.2, -0.15) is 0 Å². The number of anilines is 2. The molecule has 2 aromatic carbocycles. The molecule has 5 N–H and O–H groups in total. The Balaban J connectivity index is 1.25. The molecular weight excluding hydrogens is 522 g/mol. The number of pyridine rings is 1.